The van der Waals surface area contributed by atoms with Gasteiger partial charge in [-0.25, -0.2) is 8.78 Å². The van der Waals surface area contributed by atoms with E-state index in [1.807, 2.05) is 24.3 Å². The van der Waals surface area contributed by atoms with Crippen LogP contribution in [0, 0.1) is 11.6 Å². The van der Waals surface area contributed by atoms with Crippen LogP contribution in [0.4, 0.5) is 8.78 Å². The fourth-order valence-electron chi connectivity index (χ4n) is 1.80. The molecule has 0 fully saturated rings. The normalized spacial score (nSPS) is 10.7. The summed E-state index contributed by atoms with van der Waals surface area (Å²) in [7, 11) is 0. The summed E-state index contributed by atoms with van der Waals surface area (Å²) >= 11 is 0. The molecule has 19 heavy (non-hydrogen) atoms. The summed E-state index contributed by atoms with van der Waals surface area (Å²) in [4.78, 5) is 0. The van der Waals surface area contributed by atoms with Gasteiger partial charge in [0.2, 0.25) is 0 Å². The van der Waals surface area contributed by atoms with Crippen LogP contribution in [0.2, 0.25) is 0 Å². The molecule has 0 spiro atoms. The maximum Gasteiger partial charge on any atom is 0.130 e. The number of hydrogen-bond acceptors (Lipinski definition) is 2. The molecule has 2 rings (SSSR count). The maximum atomic E-state index is 13.4. The molecule has 0 saturated heterocycles. The second-order valence-corrected chi connectivity index (χ2v) is 4.36. The highest BCUT2D eigenvalue weighted by Crippen LogP contribution is 2.09. The predicted octanol–water partition coefficient (Wildman–Crippen LogP) is 2.71. The Kier molecular flexibility index (Phi) is 4.60. The van der Waals surface area contributed by atoms with Crippen molar-refractivity contribution in [2.75, 3.05) is 0 Å². The lowest BCUT2D eigenvalue weighted by molar-refractivity contribution is 0.560. The van der Waals surface area contributed by atoms with E-state index in [0.29, 0.717) is 25.2 Å². The molecular formula is C15H16F2N2. The minimum absolute atomic E-state index is 0.366. The molecule has 0 amide bonds. The van der Waals surface area contributed by atoms with E-state index in [0.717, 1.165) is 17.2 Å². The zero-order chi connectivity index (χ0) is 13.7. The van der Waals surface area contributed by atoms with Gasteiger partial charge in [0.1, 0.15) is 11.6 Å². The minimum Gasteiger partial charge on any atom is -0.326 e. The van der Waals surface area contributed by atoms with Crippen molar-refractivity contribution in [1.82, 2.24) is 5.32 Å². The van der Waals surface area contributed by atoms with E-state index < -0.39 is 11.6 Å². The van der Waals surface area contributed by atoms with Gasteiger partial charge >= 0.3 is 0 Å². The molecule has 0 radical (unpaired) electrons. The van der Waals surface area contributed by atoms with Gasteiger partial charge in [0, 0.05) is 31.3 Å². The standard InChI is InChI=1S/C15H16F2N2/c16-14-6-5-13(15(17)7-14)10-19-9-12-3-1-11(8-18)2-4-12/h1-7,19H,8-10,18H2. The van der Waals surface area contributed by atoms with Gasteiger partial charge in [0.15, 0.2) is 0 Å². The first-order chi connectivity index (χ1) is 9.19. The molecule has 100 valence electrons. The average molecular weight is 262 g/mol. The van der Waals surface area contributed by atoms with Crippen LogP contribution in [-0.4, -0.2) is 0 Å². The highest BCUT2D eigenvalue weighted by atomic mass is 19.1. The summed E-state index contributed by atoms with van der Waals surface area (Å²) in [5, 5.41) is 3.12. The van der Waals surface area contributed by atoms with Crippen LogP contribution in [-0.2, 0) is 19.6 Å². The van der Waals surface area contributed by atoms with Crippen molar-refractivity contribution < 1.29 is 8.78 Å². The number of hydrogen-bond donors (Lipinski definition) is 2. The molecule has 0 aliphatic rings. The number of halogens is 2. The SMILES string of the molecule is NCc1ccc(CNCc2ccc(F)cc2F)cc1. The van der Waals surface area contributed by atoms with Crippen molar-refractivity contribution in [2.45, 2.75) is 19.6 Å². The van der Waals surface area contributed by atoms with E-state index >= 15 is 0 Å². The summed E-state index contributed by atoms with van der Waals surface area (Å²) in [5.74, 6) is -1.08. The van der Waals surface area contributed by atoms with E-state index in [1.165, 1.54) is 12.1 Å². The molecule has 0 aliphatic heterocycles. The smallest absolute Gasteiger partial charge is 0.130 e. The number of nitrogens with one attached hydrogen (secondary N) is 1. The Labute approximate surface area is 111 Å². The van der Waals surface area contributed by atoms with Gasteiger partial charge in [-0.2, -0.15) is 0 Å². The van der Waals surface area contributed by atoms with E-state index in [9.17, 15) is 8.78 Å². The van der Waals surface area contributed by atoms with E-state index in [1.54, 1.807) is 0 Å². The third-order valence-corrected chi connectivity index (χ3v) is 2.92. The Balaban J connectivity index is 1.88. The lowest BCUT2D eigenvalue weighted by Gasteiger charge is -2.07. The minimum atomic E-state index is -0.557. The first kappa shape index (κ1) is 13.6. The van der Waals surface area contributed by atoms with Gasteiger partial charge < -0.3 is 11.1 Å². The van der Waals surface area contributed by atoms with Gasteiger partial charge in [0.25, 0.3) is 0 Å². The number of benzene rings is 2. The van der Waals surface area contributed by atoms with Crippen molar-refractivity contribution in [3.8, 4) is 0 Å². The highest BCUT2D eigenvalue weighted by molar-refractivity contribution is 5.23. The third kappa shape index (κ3) is 3.84. The fourth-order valence-corrected chi connectivity index (χ4v) is 1.80. The lowest BCUT2D eigenvalue weighted by Crippen LogP contribution is -2.14. The first-order valence-electron chi connectivity index (χ1n) is 6.11. The predicted molar refractivity (Wildman–Crippen MR) is 71.2 cm³/mol. The Morgan fingerprint density at radius 2 is 1.58 bits per heavy atom. The van der Waals surface area contributed by atoms with Crippen molar-refractivity contribution in [2.24, 2.45) is 5.73 Å². The number of nitrogens with two attached hydrogens (primary N) is 1. The summed E-state index contributed by atoms with van der Waals surface area (Å²) < 4.78 is 26.1. The first-order valence-corrected chi connectivity index (χ1v) is 6.11. The van der Waals surface area contributed by atoms with Crippen LogP contribution in [0.5, 0.6) is 0 Å². The van der Waals surface area contributed by atoms with E-state index in [2.05, 4.69) is 5.32 Å². The van der Waals surface area contributed by atoms with Crippen molar-refractivity contribution >= 4 is 0 Å². The molecular weight excluding hydrogens is 246 g/mol. The Bertz CT molecular complexity index is 538. The molecule has 0 heterocycles. The zero-order valence-corrected chi connectivity index (χ0v) is 10.5. The van der Waals surface area contributed by atoms with Crippen molar-refractivity contribution in [3.63, 3.8) is 0 Å². The Hall–Kier alpha value is -1.78. The Morgan fingerprint density at radius 3 is 2.21 bits per heavy atom. The second kappa shape index (κ2) is 6.41. The van der Waals surface area contributed by atoms with Crippen LogP contribution in [0.3, 0.4) is 0 Å². The van der Waals surface area contributed by atoms with Gasteiger partial charge in [0.05, 0.1) is 0 Å². The largest absolute Gasteiger partial charge is 0.326 e. The summed E-state index contributed by atoms with van der Waals surface area (Å²) in [6, 6.07) is 11.5. The van der Waals surface area contributed by atoms with Gasteiger partial charge in [-0.15, -0.1) is 0 Å². The Morgan fingerprint density at radius 1 is 0.895 bits per heavy atom. The lowest BCUT2D eigenvalue weighted by atomic mass is 10.1. The van der Waals surface area contributed by atoms with E-state index in [-0.39, 0.29) is 0 Å². The van der Waals surface area contributed by atoms with E-state index in [4.69, 9.17) is 5.73 Å². The van der Waals surface area contributed by atoms with Crippen molar-refractivity contribution in [1.29, 1.82) is 0 Å². The van der Waals surface area contributed by atoms with Crippen LogP contribution in [0.1, 0.15) is 16.7 Å². The van der Waals surface area contributed by atoms with Crippen LogP contribution in [0.15, 0.2) is 42.5 Å². The second-order valence-electron chi connectivity index (χ2n) is 4.36. The molecule has 0 bridgehead atoms. The molecule has 0 unspecified atom stereocenters. The molecule has 3 N–H and O–H groups in total. The quantitative estimate of drug-likeness (QED) is 0.869. The molecule has 0 atom stereocenters. The molecule has 2 aromatic carbocycles. The zero-order valence-electron chi connectivity index (χ0n) is 10.5. The molecule has 2 aromatic rings. The van der Waals surface area contributed by atoms with Gasteiger partial charge in [-0.3, -0.25) is 0 Å². The van der Waals surface area contributed by atoms with Crippen LogP contribution in [0.25, 0.3) is 0 Å². The molecule has 0 aromatic heterocycles. The van der Waals surface area contributed by atoms with Crippen LogP contribution < -0.4 is 11.1 Å². The van der Waals surface area contributed by atoms with Gasteiger partial charge in [-0.1, -0.05) is 30.3 Å². The monoisotopic (exact) mass is 262 g/mol. The number of rotatable bonds is 5. The molecule has 4 heteroatoms. The molecule has 0 aliphatic carbocycles. The summed E-state index contributed by atoms with van der Waals surface area (Å²) in [6.45, 7) is 1.51. The molecule has 2 nitrogen and oxygen atoms in total. The third-order valence-electron chi connectivity index (χ3n) is 2.92. The molecule has 0 saturated carbocycles. The topological polar surface area (TPSA) is 38.0 Å². The highest BCUT2D eigenvalue weighted by Gasteiger charge is 2.03. The van der Waals surface area contributed by atoms with Crippen LogP contribution >= 0.6 is 0 Å². The maximum absolute atomic E-state index is 13.4. The van der Waals surface area contributed by atoms with Crippen molar-refractivity contribution in [3.05, 3.63) is 70.8 Å². The average Bonchev–Trinajstić information content (AvgIpc) is 2.42. The fraction of sp³-hybridized carbons (Fsp3) is 0.200. The van der Waals surface area contributed by atoms with Gasteiger partial charge in [-0.05, 0) is 17.2 Å². The summed E-state index contributed by atoms with van der Waals surface area (Å²) in [5.41, 5.74) is 8.15. The summed E-state index contributed by atoms with van der Waals surface area (Å²) in [6.07, 6.45) is 0.